The summed E-state index contributed by atoms with van der Waals surface area (Å²) >= 11 is 0. The van der Waals surface area contributed by atoms with Crippen molar-refractivity contribution in [2.24, 2.45) is 0 Å². The van der Waals surface area contributed by atoms with Crippen molar-refractivity contribution in [2.75, 3.05) is 10.7 Å². The molecule has 0 radical (unpaired) electrons. The van der Waals surface area contributed by atoms with Gasteiger partial charge in [0.1, 0.15) is 6.33 Å². The van der Waals surface area contributed by atoms with E-state index in [2.05, 4.69) is 26.1 Å². The summed E-state index contributed by atoms with van der Waals surface area (Å²) in [4.78, 5) is 32.5. The standard InChI is InChI=1S/C25H22N6O3/c1-17-9-8-14-20(15-17)28-23-22(31(33)34)24(27-16-26-23)29-30-25(32)21(18-10-4-2-5-11-18)19-12-6-3-7-13-19/h2-16,21H,1H3,(H,30,32)(H2,26,27,28,29). The molecule has 0 fully saturated rings. The maximum atomic E-state index is 13.2. The summed E-state index contributed by atoms with van der Waals surface area (Å²) in [6.45, 7) is 1.91. The predicted octanol–water partition coefficient (Wildman–Crippen LogP) is 4.71. The van der Waals surface area contributed by atoms with Gasteiger partial charge < -0.3 is 5.32 Å². The molecule has 1 heterocycles. The lowest BCUT2D eigenvalue weighted by Crippen LogP contribution is -2.35. The van der Waals surface area contributed by atoms with Gasteiger partial charge in [-0.15, -0.1) is 0 Å². The van der Waals surface area contributed by atoms with Crippen LogP contribution in [0.1, 0.15) is 22.6 Å². The normalized spacial score (nSPS) is 10.5. The first-order valence-corrected chi connectivity index (χ1v) is 10.5. The number of nitro groups is 1. The van der Waals surface area contributed by atoms with E-state index in [1.807, 2.05) is 85.8 Å². The van der Waals surface area contributed by atoms with Crippen LogP contribution in [-0.2, 0) is 4.79 Å². The van der Waals surface area contributed by atoms with Gasteiger partial charge in [-0.25, -0.2) is 9.97 Å². The van der Waals surface area contributed by atoms with Gasteiger partial charge in [0.05, 0.1) is 10.8 Å². The highest BCUT2D eigenvalue weighted by atomic mass is 16.6. The third kappa shape index (κ3) is 5.16. The number of anilines is 3. The lowest BCUT2D eigenvalue weighted by molar-refractivity contribution is -0.383. The van der Waals surface area contributed by atoms with Crippen molar-refractivity contribution in [3.63, 3.8) is 0 Å². The molecule has 34 heavy (non-hydrogen) atoms. The molecule has 9 nitrogen and oxygen atoms in total. The first-order valence-electron chi connectivity index (χ1n) is 10.5. The van der Waals surface area contributed by atoms with Gasteiger partial charge in [-0.2, -0.15) is 0 Å². The average molecular weight is 454 g/mol. The van der Waals surface area contributed by atoms with Crippen LogP contribution in [0.2, 0.25) is 0 Å². The van der Waals surface area contributed by atoms with Crippen LogP contribution in [0.5, 0.6) is 0 Å². The smallest absolute Gasteiger partial charge is 0.334 e. The van der Waals surface area contributed by atoms with Crippen molar-refractivity contribution >= 4 is 28.9 Å². The van der Waals surface area contributed by atoms with Gasteiger partial charge in [0.2, 0.25) is 17.5 Å². The van der Waals surface area contributed by atoms with Crippen LogP contribution < -0.4 is 16.2 Å². The first-order chi connectivity index (χ1) is 16.5. The molecule has 0 unspecified atom stereocenters. The van der Waals surface area contributed by atoms with E-state index in [4.69, 9.17) is 0 Å². The molecule has 1 amide bonds. The zero-order chi connectivity index (χ0) is 23.9. The summed E-state index contributed by atoms with van der Waals surface area (Å²) in [7, 11) is 0. The highest BCUT2D eigenvalue weighted by molar-refractivity contribution is 5.88. The number of carbonyl (C=O) groups is 1. The monoisotopic (exact) mass is 454 g/mol. The van der Waals surface area contributed by atoms with Gasteiger partial charge in [-0.1, -0.05) is 72.8 Å². The van der Waals surface area contributed by atoms with E-state index in [9.17, 15) is 14.9 Å². The Morgan fingerprint density at radius 1 is 0.882 bits per heavy atom. The third-order valence-electron chi connectivity index (χ3n) is 5.12. The predicted molar refractivity (Wildman–Crippen MR) is 130 cm³/mol. The van der Waals surface area contributed by atoms with Gasteiger partial charge in [-0.05, 0) is 35.7 Å². The largest absolute Gasteiger partial charge is 0.355 e. The number of hydrogen-bond acceptors (Lipinski definition) is 7. The molecule has 0 bridgehead atoms. The fraction of sp³-hybridized carbons (Fsp3) is 0.0800. The molecule has 170 valence electrons. The SMILES string of the molecule is Cc1cccc(Nc2ncnc(NNC(=O)C(c3ccccc3)c3ccccc3)c2[N+](=O)[O-])c1. The molecule has 0 atom stereocenters. The van der Waals surface area contributed by atoms with Crippen LogP contribution in [-0.4, -0.2) is 20.8 Å². The lowest BCUT2D eigenvalue weighted by atomic mass is 9.91. The Hall–Kier alpha value is -4.79. The molecule has 0 aliphatic carbocycles. The Bertz CT molecular complexity index is 1260. The molecule has 9 heteroatoms. The van der Waals surface area contributed by atoms with Gasteiger partial charge >= 0.3 is 5.69 Å². The second kappa shape index (κ2) is 10.2. The second-order valence-electron chi connectivity index (χ2n) is 7.54. The number of nitrogens with zero attached hydrogens (tertiary/aromatic N) is 3. The zero-order valence-electron chi connectivity index (χ0n) is 18.3. The number of aromatic nitrogens is 2. The highest BCUT2D eigenvalue weighted by Gasteiger charge is 2.26. The Morgan fingerprint density at radius 3 is 2.09 bits per heavy atom. The van der Waals surface area contributed by atoms with Crippen molar-refractivity contribution in [1.29, 1.82) is 0 Å². The fourth-order valence-electron chi connectivity index (χ4n) is 3.57. The molecule has 0 aliphatic rings. The minimum atomic E-state index is -0.624. The summed E-state index contributed by atoms with van der Waals surface area (Å²) in [5.41, 5.74) is 8.01. The van der Waals surface area contributed by atoms with Crippen LogP contribution in [0.3, 0.4) is 0 Å². The fourth-order valence-corrected chi connectivity index (χ4v) is 3.57. The quantitative estimate of drug-likeness (QED) is 0.260. The minimum Gasteiger partial charge on any atom is -0.334 e. The van der Waals surface area contributed by atoms with E-state index < -0.39 is 16.7 Å². The van der Waals surface area contributed by atoms with E-state index in [1.54, 1.807) is 6.07 Å². The van der Waals surface area contributed by atoms with Crippen LogP contribution >= 0.6 is 0 Å². The molecule has 0 saturated heterocycles. The van der Waals surface area contributed by atoms with E-state index in [1.165, 1.54) is 6.33 Å². The van der Waals surface area contributed by atoms with Gasteiger partial charge in [0, 0.05) is 5.69 Å². The zero-order valence-corrected chi connectivity index (χ0v) is 18.3. The van der Waals surface area contributed by atoms with Crippen molar-refractivity contribution in [3.05, 3.63) is 118 Å². The Morgan fingerprint density at radius 2 is 1.50 bits per heavy atom. The Labute approximate surface area is 196 Å². The Balaban J connectivity index is 1.59. The summed E-state index contributed by atoms with van der Waals surface area (Å²) < 4.78 is 0. The molecule has 0 spiro atoms. The number of nitrogens with one attached hydrogen (secondary N) is 3. The molecule has 0 aliphatic heterocycles. The molecular weight excluding hydrogens is 432 g/mol. The molecule has 1 aromatic heterocycles. The topological polar surface area (TPSA) is 122 Å². The lowest BCUT2D eigenvalue weighted by Gasteiger charge is -2.18. The maximum absolute atomic E-state index is 13.2. The van der Waals surface area contributed by atoms with Crippen molar-refractivity contribution in [2.45, 2.75) is 12.8 Å². The van der Waals surface area contributed by atoms with Crippen molar-refractivity contribution in [3.8, 4) is 0 Å². The number of hydrazine groups is 1. The number of benzene rings is 3. The maximum Gasteiger partial charge on any atom is 0.355 e. The molecule has 3 aromatic carbocycles. The van der Waals surface area contributed by atoms with Crippen molar-refractivity contribution < 1.29 is 9.72 Å². The van der Waals surface area contributed by atoms with E-state index in [-0.39, 0.29) is 17.3 Å². The average Bonchev–Trinajstić information content (AvgIpc) is 2.84. The number of aryl methyl sites for hydroxylation is 1. The molecular formula is C25H22N6O3. The third-order valence-corrected chi connectivity index (χ3v) is 5.12. The molecule has 4 rings (SSSR count). The number of hydrogen-bond donors (Lipinski definition) is 3. The van der Waals surface area contributed by atoms with E-state index in [0.29, 0.717) is 5.69 Å². The van der Waals surface area contributed by atoms with Gasteiger partial charge in [-0.3, -0.25) is 25.8 Å². The first kappa shape index (κ1) is 22.4. The van der Waals surface area contributed by atoms with Gasteiger partial charge in [0.25, 0.3) is 0 Å². The van der Waals surface area contributed by atoms with Crippen molar-refractivity contribution in [1.82, 2.24) is 15.4 Å². The van der Waals surface area contributed by atoms with Crippen LogP contribution in [0.25, 0.3) is 0 Å². The number of amides is 1. The minimum absolute atomic E-state index is 0.00465. The van der Waals surface area contributed by atoms with Gasteiger partial charge in [0.15, 0.2) is 0 Å². The molecule has 4 aromatic rings. The van der Waals surface area contributed by atoms with E-state index >= 15 is 0 Å². The second-order valence-corrected chi connectivity index (χ2v) is 7.54. The molecule has 0 saturated carbocycles. The van der Waals surface area contributed by atoms with E-state index in [0.717, 1.165) is 16.7 Å². The van der Waals surface area contributed by atoms with Crippen LogP contribution in [0, 0.1) is 17.0 Å². The summed E-state index contributed by atoms with van der Waals surface area (Å²) in [5.74, 6) is -1.15. The summed E-state index contributed by atoms with van der Waals surface area (Å²) in [6.07, 6.45) is 1.19. The summed E-state index contributed by atoms with van der Waals surface area (Å²) in [6, 6.07) is 25.9. The summed E-state index contributed by atoms with van der Waals surface area (Å²) in [5, 5.41) is 14.8. The Kier molecular flexibility index (Phi) is 6.73. The van der Waals surface area contributed by atoms with Crippen LogP contribution in [0.15, 0.2) is 91.3 Å². The highest BCUT2D eigenvalue weighted by Crippen LogP contribution is 2.31. The van der Waals surface area contributed by atoms with Crippen LogP contribution in [0.4, 0.5) is 23.0 Å². The number of carbonyl (C=O) groups excluding carboxylic acids is 1. The number of rotatable bonds is 8. The molecule has 3 N–H and O–H groups in total.